The van der Waals surface area contributed by atoms with Crippen molar-refractivity contribution in [2.75, 3.05) is 13.7 Å². The number of nitrogens with one attached hydrogen (secondary N) is 1. The molecule has 0 aliphatic carbocycles. The predicted molar refractivity (Wildman–Crippen MR) is 68.1 cm³/mol. The monoisotopic (exact) mass is 253 g/mol. The van der Waals surface area contributed by atoms with E-state index in [9.17, 15) is 4.79 Å². The fraction of sp³-hybridized carbons (Fsp3) is 0.462. The number of rotatable bonds is 7. The molecule has 0 heterocycles. The number of methoxy groups -OCH3 is 1. The number of carboxylic acids is 1. The van der Waals surface area contributed by atoms with Gasteiger partial charge in [-0.3, -0.25) is 0 Å². The lowest BCUT2D eigenvalue weighted by molar-refractivity contribution is -0.144. The molecule has 5 heteroatoms. The van der Waals surface area contributed by atoms with Crippen LogP contribution in [0.1, 0.15) is 19.4 Å². The summed E-state index contributed by atoms with van der Waals surface area (Å²) in [4.78, 5) is 10.8. The van der Waals surface area contributed by atoms with Crippen LogP contribution in [0.25, 0.3) is 0 Å². The smallest absolute Gasteiger partial charge is 0.344 e. The first-order valence-corrected chi connectivity index (χ1v) is 5.85. The van der Waals surface area contributed by atoms with E-state index in [1.807, 2.05) is 13.0 Å². The van der Waals surface area contributed by atoms with Crippen LogP contribution in [-0.4, -0.2) is 30.8 Å². The maximum atomic E-state index is 10.8. The third-order valence-electron chi connectivity index (χ3n) is 2.48. The molecule has 0 saturated carbocycles. The Morgan fingerprint density at radius 3 is 2.78 bits per heavy atom. The first-order chi connectivity index (χ1) is 8.58. The molecule has 0 amide bonds. The van der Waals surface area contributed by atoms with E-state index in [4.69, 9.17) is 14.6 Å². The first-order valence-electron chi connectivity index (χ1n) is 5.85. The van der Waals surface area contributed by atoms with Crippen molar-refractivity contribution in [1.29, 1.82) is 0 Å². The largest absolute Gasteiger partial charge is 0.497 e. The second-order valence-electron chi connectivity index (χ2n) is 3.85. The first kappa shape index (κ1) is 14.3. The SMILES string of the molecule is CCNCc1cc(OC)ccc1OC(C)C(=O)O. The summed E-state index contributed by atoms with van der Waals surface area (Å²) in [6, 6.07) is 5.32. The fourth-order valence-corrected chi connectivity index (χ4v) is 1.44. The van der Waals surface area contributed by atoms with Gasteiger partial charge in [0.1, 0.15) is 11.5 Å². The van der Waals surface area contributed by atoms with Crippen LogP contribution in [0, 0.1) is 0 Å². The molecule has 1 rings (SSSR count). The second-order valence-corrected chi connectivity index (χ2v) is 3.85. The molecular weight excluding hydrogens is 234 g/mol. The van der Waals surface area contributed by atoms with Gasteiger partial charge in [-0.15, -0.1) is 0 Å². The van der Waals surface area contributed by atoms with Crippen molar-refractivity contribution in [2.45, 2.75) is 26.5 Å². The van der Waals surface area contributed by atoms with Crippen molar-refractivity contribution in [3.63, 3.8) is 0 Å². The molecule has 0 fully saturated rings. The molecule has 1 atom stereocenters. The number of aliphatic carboxylic acids is 1. The zero-order valence-corrected chi connectivity index (χ0v) is 10.9. The van der Waals surface area contributed by atoms with Crippen LogP contribution < -0.4 is 14.8 Å². The van der Waals surface area contributed by atoms with Gasteiger partial charge in [-0.1, -0.05) is 6.92 Å². The number of benzene rings is 1. The van der Waals surface area contributed by atoms with Gasteiger partial charge in [0.05, 0.1) is 7.11 Å². The highest BCUT2D eigenvalue weighted by Crippen LogP contribution is 2.25. The van der Waals surface area contributed by atoms with E-state index in [-0.39, 0.29) is 0 Å². The highest BCUT2D eigenvalue weighted by molar-refractivity contribution is 5.72. The van der Waals surface area contributed by atoms with Crippen molar-refractivity contribution in [1.82, 2.24) is 5.32 Å². The standard InChI is InChI=1S/C13H19NO4/c1-4-14-8-10-7-11(17-3)5-6-12(10)18-9(2)13(15)16/h5-7,9,14H,4,8H2,1-3H3,(H,15,16). The summed E-state index contributed by atoms with van der Waals surface area (Å²) < 4.78 is 10.6. The Labute approximate surface area is 107 Å². The number of hydrogen-bond donors (Lipinski definition) is 2. The van der Waals surface area contributed by atoms with Gasteiger partial charge in [0.25, 0.3) is 0 Å². The molecular formula is C13H19NO4. The lowest BCUT2D eigenvalue weighted by atomic mass is 10.2. The van der Waals surface area contributed by atoms with Gasteiger partial charge in [-0.25, -0.2) is 4.79 Å². The Kier molecular flexibility index (Phi) is 5.45. The topological polar surface area (TPSA) is 67.8 Å². The highest BCUT2D eigenvalue weighted by Gasteiger charge is 2.15. The van der Waals surface area contributed by atoms with Crippen LogP contribution in [0.15, 0.2) is 18.2 Å². The molecule has 0 aromatic heterocycles. The molecule has 18 heavy (non-hydrogen) atoms. The molecule has 0 saturated heterocycles. The van der Waals surface area contributed by atoms with Crippen LogP contribution in [0.5, 0.6) is 11.5 Å². The Hall–Kier alpha value is -1.75. The summed E-state index contributed by atoms with van der Waals surface area (Å²) in [5.41, 5.74) is 0.879. The molecule has 1 aromatic carbocycles. The van der Waals surface area contributed by atoms with Crippen LogP contribution >= 0.6 is 0 Å². The maximum Gasteiger partial charge on any atom is 0.344 e. The summed E-state index contributed by atoms with van der Waals surface area (Å²) in [5, 5.41) is 12.0. The van der Waals surface area contributed by atoms with Crippen molar-refractivity contribution >= 4 is 5.97 Å². The van der Waals surface area contributed by atoms with E-state index in [0.29, 0.717) is 12.3 Å². The zero-order chi connectivity index (χ0) is 13.5. The minimum atomic E-state index is -0.986. The van der Waals surface area contributed by atoms with Gasteiger partial charge < -0.3 is 19.9 Å². The van der Waals surface area contributed by atoms with E-state index in [0.717, 1.165) is 17.9 Å². The van der Waals surface area contributed by atoms with E-state index in [1.165, 1.54) is 6.92 Å². The second kappa shape index (κ2) is 6.86. The lowest BCUT2D eigenvalue weighted by Crippen LogP contribution is -2.24. The number of carboxylic acid groups (broad SMARTS) is 1. The molecule has 1 aromatic rings. The molecule has 1 unspecified atom stereocenters. The molecule has 0 bridgehead atoms. The minimum absolute atomic E-state index is 0.562. The summed E-state index contributed by atoms with van der Waals surface area (Å²) >= 11 is 0. The number of hydrogen-bond acceptors (Lipinski definition) is 4. The van der Waals surface area contributed by atoms with Crippen molar-refractivity contribution in [3.05, 3.63) is 23.8 Å². The van der Waals surface area contributed by atoms with Crippen LogP contribution in [0.4, 0.5) is 0 Å². The molecule has 0 radical (unpaired) electrons. The van der Waals surface area contributed by atoms with E-state index >= 15 is 0 Å². The summed E-state index contributed by atoms with van der Waals surface area (Å²) in [6.07, 6.45) is -0.876. The van der Waals surface area contributed by atoms with E-state index in [2.05, 4.69) is 5.32 Å². The third kappa shape index (κ3) is 3.92. The van der Waals surface area contributed by atoms with Crippen molar-refractivity contribution < 1.29 is 19.4 Å². The molecule has 0 aliphatic rings. The molecule has 2 N–H and O–H groups in total. The Morgan fingerprint density at radius 2 is 2.22 bits per heavy atom. The summed E-state index contributed by atoms with van der Waals surface area (Å²) in [6.45, 7) is 4.94. The Bertz CT molecular complexity index is 406. The van der Waals surface area contributed by atoms with Crippen LogP contribution in [-0.2, 0) is 11.3 Å². The Morgan fingerprint density at radius 1 is 1.50 bits per heavy atom. The van der Waals surface area contributed by atoms with Gasteiger partial charge >= 0.3 is 5.97 Å². The number of ether oxygens (including phenoxy) is 2. The molecule has 0 aliphatic heterocycles. The molecule has 100 valence electrons. The average Bonchev–Trinajstić information content (AvgIpc) is 2.37. The van der Waals surface area contributed by atoms with Crippen molar-refractivity contribution in [3.8, 4) is 11.5 Å². The summed E-state index contributed by atoms with van der Waals surface area (Å²) in [5.74, 6) is 0.296. The predicted octanol–water partition coefficient (Wildman–Crippen LogP) is 1.66. The van der Waals surface area contributed by atoms with Crippen molar-refractivity contribution in [2.24, 2.45) is 0 Å². The van der Waals surface area contributed by atoms with Crippen LogP contribution in [0.3, 0.4) is 0 Å². The number of carbonyl (C=O) groups is 1. The van der Waals surface area contributed by atoms with E-state index < -0.39 is 12.1 Å². The fourth-order valence-electron chi connectivity index (χ4n) is 1.44. The van der Waals surface area contributed by atoms with Gasteiger partial charge in [-0.2, -0.15) is 0 Å². The third-order valence-corrected chi connectivity index (χ3v) is 2.48. The minimum Gasteiger partial charge on any atom is -0.497 e. The quantitative estimate of drug-likeness (QED) is 0.773. The van der Waals surface area contributed by atoms with Gasteiger partial charge in [0.2, 0.25) is 0 Å². The lowest BCUT2D eigenvalue weighted by Gasteiger charge is -2.15. The van der Waals surface area contributed by atoms with Gasteiger partial charge in [-0.05, 0) is 31.7 Å². The van der Waals surface area contributed by atoms with Gasteiger partial charge in [0.15, 0.2) is 6.10 Å². The van der Waals surface area contributed by atoms with E-state index in [1.54, 1.807) is 19.2 Å². The molecule has 0 spiro atoms. The molecule has 5 nitrogen and oxygen atoms in total. The normalized spacial score (nSPS) is 11.9. The average molecular weight is 253 g/mol. The maximum absolute atomic E-state index is 10.8. The Balaban J connectivity index is 2.90. The van der Waals surface area contributed by atoms with Crippen LogP contribution in [0.2, 0.25) is 0 Å². The summed E-state index contributed by atoms with van der Waals surface area (Å²) in [7, 11) is 1.59. The van der Waals surface area contributed by atoms with Gasteiger partial charge in [0, 0.05) is 12.1 Å². The zero-order valence-electron chi connectivity index (χ0n) is 10.9. The highest BCUT2D eigenvalue weighted by atomic mass is 16.5.